The molecule has 0 saturated heterocycles. The van der Waals surface area contributed by atoms with Crippen molar-refractivity contribution in [1.82, 2.24) is 9.99 Å². The Labute approximate surface area is 244 Å². The minimum Gasteiger partial charge on any atom is -0.490 e. The molecule has 1 N–H and O–H groups in total. The Morgan fingerprint density at radius 2 is 1.67 bits per heavy atom. The molecule has 4 rings (SSSR count). The van der Waals surface area contributed by atoms with Gasteiger partial charge in [0.05, 0.1) is 19.4 Å². The summed E-state index contributed by atoms with van der Waals surface area (Å²) < 4.78 is 30.0. The van der Waals surface area contributed by atoms with Crippen LogP contribution in [0.5, 0.6) is 17.2 Å². The Kier molecular flexibility index (Phi) is 10.0. The molecule has 0 radical (unpaired) electrons. The number of hydrogen-bond donors (Lipinski definition) is 1. The van der Waals surface area contributed by atoms with Gasteiger partial charge in [-0.1, -0.05) is 0 Å². The van der Waals surface area contributed by atoms with E-state index in [0.717, 1.165) is 17.1 Å². The molecule has 0 aliphatic carbocycles. The largest absolute Gasteiger partial charge is 0.490 e. The first-order valence-electron chi connectivity index (χ1n) is 13.7. The lowest BCUT2D eigenvalue weighted by Crippen LogP contribution is -2.26. The fourth-order valence-electron chi connectivity index (χ4n) is 4.19. The molecule has 2 heterocycles. The van der Waals surface area contributed by atoms with E-state index in [1.807, 2.05) is 31.2 Å². The molecule has 1 atom stereocenters. The summed E-state index contributed by atoms with van der Waals surface area (Å²) in [6, 6.07) is 20.3. The Balaban J connectivity index is 1.30. The van der Waals surface area contributed by atoms with E-state index in [-0.39, 0.29) is 19.0 Å². The molecule has 0 aliphatic rings. The molecule has 0 aliphatic heterocycles. The predicted molar refractivity (Wildman–Crippen MR) is 158 cm³/mol. The lowest BCUT2D eigenvalue weighted by Gasteiger charge is -2.16. The molecule has 1 amide bonds. The molecule has 2 aromatic heterocycles. The number of nitrogens with zero attached hydrogens (tertiary/aromatic N) is 2. The number of carbonyl (C=O) groups is 2. The lowest BCUT2D eigenvalue weighted by atomic mass is 10.2. The number of carbonyl (C=O) groups excluding carboxylic acids is 2. The van der Waals surface area contributed by atoms with E-state index in [2.05, 4.69) is 41.1 Å². The molecule has 4 aromatic rings. The minimum atomic E-state index is -0.796. The van der Waals surface area contributed by atoms with Crippen LogP contribution in [0.3, 0.4) is 0 Å². The van der Waals surface area contributed by atoms with Gasteiger partial charge in [-0.15, -0.1) is 0 Å². The van der Waals surface area contributed by atoms with Crippen LogP contribution in [0.4, 0.5) is 0 Å². The van der Waals surface area contributed by atoms with Gasteiger partial charge < -0.3 is 27.9 Å². The third kappa shape index (κ3) is 7.60. The number of nitrogens with one attached hydrogen (secondary N) is 1. The summed E-state index contributed by atoms with van der Waals surface area (Å²) >= 11 is 0. The van der Waals surface area contributed by atoms with Crippen molar-refractivity contribution >= 4 is 18.1 Å². The number of benzene rings is 2. The van der Waals surface area contributed by atoms with Crippen molar-refractivity contribution in [1.29, 1.82) is 0 Å². The molecular formula is C32H35N3O7. The summed E-state index contributed by atoms with van der Waals surface area (Å²) in [7, 11) is 0. The standard InChI is InChI=1S/C32H35N3O7/c1-6-38-30-18-24(10-16-28(30)41-23(5)32(37)39-7-2)19-33-34-31(36)29-17-15-27(42-29)20-40-26-13-11-25(12-14-26)35-21(3)8-9-22(35)4/h8-19,23H,6-7,20H2,1-5H3,(H,34,36)/b33-19+/t23-/m0/s1. The molecule has 0 fully saturated rings. The highest BCUT2D eigenvalue weighted by Gasteiger charge is 2.18. The molecule has 42 heavy (non-hydrogen) atoms. The molecule has 2 aromatic carbocycles. The van der Waals surface area contributed by atoms with Gasteiger partial charge in [-0.25, -0.2) is 10.2 Å². The molecule has 0 bridgehead atoms. The average molecular weight is 574 g/mol. The van der Waals surface area contributed by atoms with E-state index in [1.165, 1.54) is 6.21 Å². The number of aryl methyl sites for hydroxylation is 2. The fourth-order valence-corrected chi connectivity index (χ4v) is 4.19. The summed E-state index contributed by atoms with van der Waals surface area (Å²) in [4.78, 5) is 24.4. The number of hydrazone groups is 1. The van der Waals surface area contributed by atoms with Gasteiger partial charge in [-0.2, -0.15) is 5.10 Å². The third-order valence-corrected chi connectivity index (χ3v) is 6.20. The van der Waals surface area contributed by atoms with Crippen LogP contribution in [0, 0.1) is 13.8 Å². The summed E-state index contributed by atoms with van der Waals surface area (Å²) in [6.07, 6.45) is 0.669. The van der Waals surface area contributed by atoms with Crippen LogP contribution in [0.15, 0.2) is 76.2 Å². The Hall–Kier alpha value is -4.99. The zero-order chi connectivity index (χ0) is 30.1. The van der Waals surface area contributed by atoms with Crippen molar-refractivity contribution in [2.75, 3.05) is 13.2 Å². The maximum absolute atomic E-state index is 12.5. The van der Waals surface area contributed by atoms with Gasteiger partial charge in [0.25, 0.3) is 0 Å². The molecule has 10 heteroatoms. The monoisotopic (exact) mass is 573 g/mol. The van der Waals surface area contributed by atoms with Crippen LogP contribution in [0.25, 0.3) is 5.69 Å². The molecule has 0 saturated carbocycles. The van der Waals surface area contributed by atoms with Gasteiger partial charge in [-0.05, 0) is 107 Å². The molecule has 0 unspecified atom stereocenters. The number of esters is 1. The van der Waals surface area contributed by atoms with Crippen LogP contribution in [0.2, 0.25) is 0 Å². The Bertz CT molecular complexity index is 1520. The first kappa shape index (κ1) is 30.0. The number of rotatable bonds is 13. The van der Waals surface area contributed by atoms with Crippen molar-refractivity contribution in [3.05, 3.63) is 95.2 Å². The minimum absolute atomic E-state index is 0.103. The van der Waals surface area contributed by atoms with Crippen LogP contribution >= 0.6 is 0 Å². The van der Waals surface area contributed by atoms with E-state index in [4.69, 9.17) is 23.4 Å². The first-order valence-corrected chi connectivity index (χ1v) is 13.7. The normalized spacial score (nSPS) is 11.7. The quantitative estimate of drug-likeness (QED) is 0.123. The smallest absolute Gasteiger partial charge is 0.347 e. The van der Waals surface area contributed by atoms with E-state index in [0.29, 0.717) is 35.2 Å². The van der Waals surface area contributed by atoms with Crippen molar-refractivity contribution in [2.45, 2.75) is 47.3 Å². The van der Waals surface area contributed by atoms with Crippen LogP contribution in [0.1, 0.15) is 54.0 Å². The SMILES string of the molecule is CCOC(=O)[C@H](C)Oc1ccc(/C=N/NC(=O)c2ccc(COc3ccc(-n4c(C)ccc4C)cc3)o2)cc1OCC. The van der Waals surface area contributed by atoms with Gasteiger partial charge in [0, 0.05) is 17.1 Å². The summed E-state index contributed by atoms with van der Waals surface area (Å²) in [5.41, 5.74) is 6.48. The molecular weight excluding hydrogens is 538 g/mol. The van der Waals surface area contributed by atoms with Gasteiger partial charge in [-0.3, -0.25) is 4.79 Å². The van der Waals surface area contributed by atoms with Crippen LogP contribution < -0.4 is 19.6 Å². The van der Waals surface area contributed by atoms with Gasteiger partial charge in [0.15, 0.2) is 23.4 Å². The van der Waals surface area contributed by atoms with Gasteiger partial charge >= 0.3 is 11.9 Å². The second kappa shape index (κ2) is 14.1. The fraction of sp³-hybridized carbons (Fsp3) is 0.281. The third-order valence-electron chi connectivity index (χ3n) is 6.20. The molecule has 220 valence electrons. The van der Waals surface area contributed by atoms with Crippen molar-refractivity contribution < 1.29 is 33.0 Å². The average Bonchev–Trinajstić information content (AvgIpc) is 3.59. The molecule has 0 spiro atoms. The van der Waals surface area contributed by atoms with Gasteiger partial charge in [0.1, 0.15) is 18.1 Å². The Morgan fingerprint density at radius 1 is 0.929 bits per heavy atom. The van der Waals surface area contributed by atoms with E-state index >= 15 is 0 Å². The summed E-state index contributed by atoms with van der Waals surface area (Å²) in [5.74, 6) is 1.15. The molecule has 10 nitrogen and oxygen atoms in total. The van der Waals surface area contributed by atoms with E-state index in [1.54, 1.807) is 44.2 Å². The number of furan rings is 1. The number of aromatic nitrogens is 1. The number of ether oxygens (including phenoxy) is 4. The van der Waals surface area contributed by atoms with Gasteiger partial charge in [0.2, 0.25) is 0 Å². The van der Waals surface area contributed by atoms with E-state index in [9.17, 15) is 9.59 Å². The van der Waals surface area contributed by atoms with E-state index < -0.39 is 18.0 Å². The highest BCUT2D eigenvalue weighted by atomic mass is 16.6. The predicted octanol–water partition coefficient (Wildman–Crippen LogP) is 5.76. The summed E-state index contributed by atoms with van der Waals surface area (Å²) in [5, 5.41) is 4.02. The van der Waals surface area contributed by atoms with Crippen molar-refractivity contribution in [2.24, 2.45) is 5.10 Å². The topological polar surface area (TPSA) is 114 Å². The first-order chi connectivity index (χ1) is 20.3. The maximum atomic E-state index is 12.5. The van der Waals surface area contributed by atoms with Crippen molar-refractivity contribution in [3.8, 4) is 22.9 Å². The second-order valence-corrected chi connectivity index (χ2v) is 9.35. The summed E-state index contributed by atoms with van der Waals surface area (Å²) in [6.45, 7) is 10.1. The highest BCUT2D eigenvalue weighted by Crippen LogP contribution is 2.29. The highest BCUT2D eigenvalue weighted by molar-refractivity contribution is 5.92. The number of hydrogen-bond acceptors (Lipinski definition) is 8. The lowest BCUT2D eigenvalue weighted by molar-refractivity contribution is -0.150. The second-order valence-electron chi connectivity index (χ2n) is 9.35. The zero-order valence-corrected chi connectivity index (χ0v) is 24.4. The van der Waals surface area contributed by atoms with Crippen LogP contribution in [-0.2, 0) is 16.1 Å². The Morgan fingerprint density at radius 3 is 2.36 bits per heavy atom. The maximum Gasteiger partial charge on any atom is 0.347 e. The zero-order valence-electron chi connectivity index (χ0n) is 24.4. The number of amides is 1. The van der Waals surface area contributed by atoms with Crippen LogP contribution in [-0.4, -0.2) is 42.0 Å². The van der Waals surface area contributed by atoms with Crippen molar-refractivity contribution in [3.63, 3.8) is 0 Å².